The summed E-state index contributed by atoms with van der Waals surface area (Å²) in [6.07, 6.45) is 5.10. The summed E-state index contributed by atoms with van der Waals surface area (Å²) in [5.74, 6) is 0.353. The number of rotatable bonds is 7. The molecular formula is C26H28N8O2. The minimum atomic E-state index is -0.0863. The maximum absolute atomic E-state index is 12.5. The monoisotopic (exact) mass is 484 g/mol. The highest BCUT2D eigenvalue weighted by Crippen LogP contribution is 2.25. The third-order valence-electron chi connectivity index (χ3n) is 6.74. The summed E-state index contributed by atoms with van der Waals surface area (Å²) >= 11 is 0. The third-order valence-corrected chi connectivity index (χ3v) is 6.74. The Hall–Kier alpha value is -3.89. The van der Waals surface area contributed by atoms with Crippen LogP contribution in [0.2, 0.25) is 0 Å². The highest BCUT2D eigenvalue weighted by Gasteiger charge is 2.15. The maximum atomic E-state index is 12.5. The molecule has 10 heteroatoms. The van der Waals surface area contributed by atoms with Crippen molar-refractivity contribution >= 4 is 28.7 Å². The lowest BCUT2D eigenvalue weighted by Crippen LogP contribution is -2.41. The predicted octanol–water partition coefficient (Wildman–Crippen LogP) is 2.50. The summed E-state index contributed by atoms with van der Waals surface area (Å²) < 4.78 is 7.11. The van der Waals surface area contributed by atoms with Crippen LogP contribution < -0.4 is 10.6 Å². The molecule has 184 valence electrons. The molecule has 1 fully saturated rings. The second-order valence-electron chi connectivity index (χ2n) is 9.12. The number of aromatic nitrogens is 5. The van der Waals surface area contributed by atoms with Gasteiger partial charge in [0.1, 0.15) is 0 Å². The Morgan fingerprint density at radius 2 is 1.86 bits per heavy atom. The minimum absolute atomic E-state index is 0.0863. The number of benzene rings is 2. The molecule has 1 aliphatic heterocycles. The number of hydrogen-bond acceptors (Lipinski definition) is 8. The van der Waals surface area contributed by atoms with Crippen molar-refractivity contribution < 1.29 is 9.53 Å². The number of amides is 1. The third kappa shape index (κ3) is 4.77. The minimum Gasteiger partial charge on any atom is -0.379 e. The van der Waals surface area contributed by atoms with Gasteiger partial charge in [-0.2, -0.15) is 9.67 Å². The molecule has 0 bridgehead atoms. The molecule has 1 amide bonds. The Labute approximate surface area is 208 Å². The first kappa shape index (κ1) is 22.6. The maximum Gasteiger partial charge on any atom is 0.251 e. The molecule has 3 heterocycles. The van der Waals surface area contributed by atoms with Crippen molar-refractivity contribution in [2.45, 2.75) is 19.3 Å². The number of carbonyl (C=O) groups is 1. The molecule has 10 nitrogen and oxygen atoms in total. The Morgan fingerprint density at radius 3 is 2.72 bits per heavy atom. The molecule has 0 spiro atoms. The smallest absolute Gasteiger partial charge is 0.251 e. The van der Waals surface area contributed by atoms with E-state index in [2.05, 4.69) is 54.0 Å². The molecule has 2 aliphatic rings. The number of anilines is 2. The van der Waals surface area contributed by atoms with Gasteiger partial charge in [-0.25, -0.2) is 4.98 Å². The van der Waals surface area contributed by atoms with Gasteiger partial charge in [0, 0.05) is 37.4 Å². The highest BCUT2D eigenvalue weighted by atomic mass is 16.5. The van der Waals surface area contributed by atoms with E-state index in [9.17, 15) is 4.79 Å². The van der Waals surface area contributed by atoms with Crippen LogP contribution in [0.15, 0.2) is 48.7 Å². The lowest BCUT2D eigenvalue weighted by molar-refractivity contribution is 0.0383. The van der Waals surface area contributed by atoms with E-state index in [1.54, 1.807) is 23.0 Å². The second kappa shape index (κ2) is 10.00. The van der Waals surface area contributed by atoms with Crippen LogP contribution in [-0.4, -0.2) is 75.2 Å². The van der Waals surface area contributed by atoms with Crippen molar-refractivity contribution in [1.82, 2.24) is 35.2 Å². The Kier molecular flexibility index (Phi) is 6.27. The van der Waals surface area contributed by atoms with Crippen LogP contribution in [0.3, 0.4) is 0 Å². The molecule has 36 heavy (non-hydrogen) atoms. The number of ether oxygens (including phenoxy) is 1. The van der Waals surface area contributed by atoms with E-state index in [0.29, 0.717) is 29.2 Å². The van der Waals surface area contributed by atoms with Gasteiger partial charge in [-0.15, -0.1) is 5.10 Å². The quantitative estimate of drug-likeness (QED) is 0.412. The van der Waals surface area contributed by atoms with E-state index in [4.69, 9.17) is 4.74 Å². The number of aryl methyl sites for hydroxylation is 2. The van der Waals surface area contributed by atoms with Gasteiger partial charge >= 0.3 is 0 Å². The number of carbonyl (C=O) groups excluding carboxylic acids is 1. The van der Waals surface area contributed by atoms with Gasteiger partial charge in [0.2, 0.25) is 5.95 Å². The fraction of sp³-hybridized carbons (Fsp3) is 0.346. The van der Waals surface area contributed by atoms with Gasteiger partial charge in [-0.1, -0.05) is 11.3 Å². The molecule has 1 saturated heterocycles. The average molecular weight is 485 g/mol. The SMILES string of the molecule is O=C(NCCN1CCOCC1)c1ccc(Nc2ncc3nnn(-c4ccc5c(c4)CCC5)c3n2)cc1. The van der Waals surface area contributed by atoms with Crippen molar-refractivity contribution in [2.75, 3.05) is 44.7 Å². The number of nitrogens with one attached hydrogen (secondary N) is 2. The number of hydrogen-bond donors (Lipinski definition) is 2. The summed E-state index contributed by atoms with van der Waals surface area (Å²) in [4.78, 5) is 23.8. The van der Waals surface area contributed by atoms with Crippen LogP contribution in [0.1, 0.15) is 27.9 Å². The zero-order chi connectivity index (χ0) is 24.3. The van der Waals surface area contributed by atoms with Crippen LogP contribution >= 0.6 is 0 Å². The van der Waals surface area contributed by atoms with E-state index in [-0.39, 0.29) is 5.91 Å². The summed E-state index contributed by atoms with van der Waals surface area (Å²) in [7, 11) is 0. The molecule has 2 aromatic heterocycles. The average Bonchev–Trinajstić information content (AvgIpc) is 3.56. The van der Waals surface area contributed by atoms with E-state index >= 15 is 0 Å². The zero-order valence-electron chi connectivity index (χ0n) is 20.0. The first-order chi connectivity index (χ1) is 17.7. The van der Waals surface area contributed by atoms with E-state index < -0.39 is 0 Å². The van der Waals surface area contributed by atoms with Gasteiger partial charge in [0.25, 0.3) is 5.91 Å². The van der Waals surface area contributed by atoms with E-state index in [0.717, 1.165) is 57.1 Å². The number of nitrogens with zero attached hydrogens (tertiary/aromatic N) is 6. The normalized spacial score (nSPS) is 15.7. The van der Waals surface area contributed by atoms with Crippen molar-refractivity contribution in [2.24, 2.45) is 0 Å². The van der Waals surface area contributed by atoms with Gasteiger partial charge in [0.05, 0.1) is 25.1 Å². The van der Waals surface area contributed by atoms with Gasteiger partial charge in [0.15, 0.2) is 11.2 Å². The van der Waals surface area contributed by atoms with Crippen molar-refractivity contribution in [1.29, 1.82) is 0 Å². The Morgan fingerprint density at radius 1 is 1.03 bits per heavy atom. The van der Waals surface area contributed by atoms with Gasteiger partial charge in [-0.05, 0) is 66.8 Å². The molecule has 0 saturated carbocycles. The molecule has 0 atom stereocenters. The predicted molar refractivity (Wildman–Crippen MR) is 136 cm³/mol. The summed E-state index contributed by atoms with van der Waals surface area (Å²) in [5, 5.41) is 14.7. The Bertz CT molecular complexity index is 1380. The molecular weight excluding hydrogens is 456 g/mol. The fourth-order valence-electron chi connectivity index (χ4n) is 4.74. The molecule has 4 aromatic rings. The molecule has 0 radical (unpaired) electrons. The fourth-order valence-corrected chi connectivity index (χ4v) is 4.74. The van der Waals surface area contributed by atoms with Crippen molar-refractivity contribution in [3.8, 4) is 5.69 Å². The molecule has 0 unspecified atom stereocenters. The number of morpholine rings is 1. The molecule has 2 aromatic carbocycles. The largest absolute Gasteiger partial charge is 0.379 e. The molecule has 6 rings (SSSR count). The van der Waals surface area contributed by atoms with E-state index in [1.807, 2.05) is 12.1 Å². The highest BCUT2D eigenvalue weighted by molar-refractivity contribution is 5.94. The van der Waals surface area contributed by atoms with Crippen LogP contribution in [0.25, 0.3) is 16.9 Å². The number of fused-ring (bicyclic) bond motifs is 2. The van der Waals surface area contributed by atoms with Crippen LogP contribution in [0.4, 0.5) is 11.6 Å². The van der Waals surface area contributed by atoms with Crippen LogP contribution in [0, 0.1) is 0 Å². The van der Waals surface area contributed by atoms with Crippen molar-refractivity contribution in [3.05, 3.63) is 65.4 Å². The Balaban J connectivity index is 1.12. The van der Waals surface area contributed by atoms with Gasteiger partial charge in [-0.3, -0.25) is 9.69 Å². The molecule has 2 N–H and O–H groups in total. The lowest BCUT2D eigenvalue weighted by atomic mass is 10.1. The van der Waals surface area contributed by atoms with E-state index in [1.165, 1.54) is 17.5 Å². The van der Waals surface area contributed by atoms with Crippen LogP contribution in [0.5, 0.6) is 0 Å². The molecule has 1 aliphatic carbocycles. The second-order valence-corrected chi connectivity index (χ2v) is 9.12. The summed E-state index contributed by atoms with van der Waals surface area (Å²) in [5.41, 5.74) is 6.40. The summed E-state index contributed by atoms with van der Waals surface area (Å²) in [6, 6.07) is 13.7. The van der Waals surface area contributed by atoms with Crippen LogP contribution in [-0.2, 0) is 17.6 Å². The lowest BCUT2D eigenvalue weighted by Gasteiger charge is -2.26. The van der Waals surface area contributed by atoms with Gasteiger partial charge < -0.3 is 15.4 Å². The summed E-state index contributed by atoms with van der Waals surface area (Å²) in [6.45, 7) is 4.77. The standard InChI is InChI=1S/C26H28N8O2/c35-25(27-10-11-33-12-14-36-15-13-33)19-4-7-21(8-5-19)29-26-28-17-23-24(30-26)34(32-31-23)22-9-6-18-2-1-3-20(18)16-22/h4-9,16-17H,1-3,10-15H2,(H,27,35)(H,28,29,30). The first-order valence-corrected chi connectivity index (χ1v) is 12.4. The zero-order valence-corrected chi connectivity index (χ0v) is 20.0. The first-order valence-electron chi connectivity index (χ1n) is 12.4. The topological polar surface area (TPSA) is 110 Å². The van der Waals surface area contributed by atoms with Crippen molar-refractivity contribution in [3.63, 3.8) is 0 Å².